The molecule has 8 heteroatoms. The van der Waals surface area contributed by atoms with E-state index in [4.69, 9.17) is 21.1 Å². The van der Waals surface area contributed by atoms with Gasteiger partial charge in [-0.05, 0) is 24.1 Å². The zero-order valence-electron chi connectivity index (χ0n) is 17.8. The maximum Gasteiger partial charge on any atom is 0.361 e. The third kappa shape index (κ3) is 4.41. The van der Waals surface area contributed by atoms with Crippen molar-refractivity contribution >= 4 is 23.5 Å². The number of carbonyl (C=O) groups excluding carboxylic acids is 1. The molecule has 0 fully saturated rings. The molecule has 1 atom stereocenters. The third-order valence-electron chi connectivity index (χ3n) is 4.92. The molecule has 0 aliphatic heterocycles. The minimum absolute atomic E-state index is 0.149. The lowest BCUT2D eigenvalue weighted by Gasteiger charge is -2.31. The van der Waals surface area contributed by atoms with Gasteiger partial charge in [0.05, 0.1) is 19.8 Å². The Balaban J connectivity index is 2.23. The number of hydrogen-bond acceptors (Lipinski definition) is 6. The fourth-order valence-corrected chi connectivity index (χ4v) is 3.71. The fraction of sp³-hybridized carbons (Fsp3) is 0.261. The van der Waals surface area contributed by atoms with E-state index in [2.05, 4.69) is 4.98 Å². The first-order valence-corrected chi connectivity index (χ1v) is 10.1. The fourth-order valence-electron chi connectivity index (χ4n) is 3.47. The summed E-state index contributed by atoms with van der Waals surface area (Å²) in [5.41, 5.74) is 1.12. The van der Waals surface area contributed by atoms with Gasteiger partial charge < -0.3 is 14.4 Å². The summed E-state index contributed by atoms with van der Waals surface area (Å²) in [4.78, 5) is 31.7. The maximum absolute atomic E-state index is 13.0. The smallest absolute Gasteiger partial charge is 0.361 e. The van der Waals surface area contributed by atoms with Crippen molar-refractivity contribution in [3.8, 4) is 5.75 Å². The van der Waals surface area contributed by atoms with Crippen LogP contribution in [-0.4, -0.2) is 36.3 Å². The topological polar surface area (TPSA) is 73.7 Å². The Morgan fingerprint density at radius 2 is 1.81 bits per heavy atom. The first-order valence-electron chi connectivity index (χ1n) is 9.75. The highest BCUT2D eigenvalue weighted by molar-refractivity contribution is 6.31. The highest BCUT2D eigenvalue weighted by Gasteiger charge is 2.28. The Bertz CT molecular complexity index is 1130. The van der Waals surface area contributed by atoms with E-state index in [1.165, 1.54) is 11.7 Å². The van der Waals surface area contributed by atoms with Gasteiger partial charge in [-0.25, -0.2) is 9.78 Å². The van der Waals surface area contributed by atoms with E-state index in [0.29, 0.717) is 5.02 Å². The second-order valence-electron chi connectivity index (χ2n) is 6.82. The Kier molecular flexibility index (Phi) is 6.97. The van der Waals surface area contributed by atoms with Gasteiger partial charge in [0.25, 0.3) is 5.56 Å². The summed E-state index contributed by atoms with van der Waals surface area (Å²) in [5.74, 6) is -0.615. The molecular weight excluding hydrogens is 418 g/mol. The van der Waals surface area contributed by atoms with Gasteiger partial charge in [0.1, 0.15) is 0 Å². The monoisotopic (exact) mass is 441 g/mol. The molecule has 2 aromatic carbocycles. The molecule has 7 nitrogen and oxygen atoms in total. The molecule has 0 saturated heterocycles. The average Bonchev–Trinajstić information content (AvgIpc) is 2.77. The average molecular weight is 442 g/mol. The van der Waals surface area contributed by atoms with E-state index in [1.807, 2.05) is 54.6 Å². The van der Waals surface area contributed by atoms with Crippen LogP contribution in [0.15, 0.2) is 59.4 Å². The number of benzene rings is 2. The van der Waals surface area contributed by atoms with Crippen LogP contribution in [0.1, 0.15) is 34.6 Å². The van der Waals surface area contributed by atoms with Gasteiger partial charge in [-0.15, -0.1) is 0 Å². The van der Waals surface area contributed by atoms with Crippen molar-refractivity contribution < 1.29 is 14.3 Å². The second kappa shape index (κ2) is 9.66. The van der Waals surface area contributed by atoms with Gasteiger partial charge in [0, 0.05) is 19.1 Å². The van der Waals surface area contributed by atoms with Crippen molar-refractivity contribution in [1.82, 2.24) is 9.55 Å². The molecule has 0 spiro atoms. The molecule has 162 valence electrons. The summed E-state index contributed by atoms with van der Waals surface area (Å²) < 4.78 is 11.6. The molecule has 0 aliphatic carbocycles. The lowest BCUT2D eigenvalue weighted by molar-refractivity contribution is 0.0514. The van der Waals surface area contributed by atoms with Gasteiger partial charge in [0.15, 0.2) is 5.69 Å². The van der Waals surface area contributed by atoms with Gasteiger partial charge in [-0.2, -0.15) is 0 Å². The minimum atomic E-state index is -0.722. The Morgan fingerprint density at radius 3 is 2.42 bits per heavy atom. The van der Waals surface area contributed by atoms with Crippen molar-refractivity contribution in [3.05, 3.63) is 86.8 Å². The van der Waals surface area contributed by atoms with Gasteiger partial charge in [0.2, 0.25) is 11.7 Å². The van der Waals surface area contributed by atoms with E-state index < -0.39 is 11.5 Å². The van der Waals surface area contributed by atoms with Crippen LogP contribution in [0.25, 0.3) is 0 Å². The van der Waals surface area contributed by atoms with Crippen molar-refractivity contribution in [2.24, 2.45) is 7.05 Å². The van der Waals surface area contributed by atoms with Crippen LogP contribution in [0.4, 0.5) is 5.95 Å². The standard InChI is InChI=1S/C23H24ClN3O4/c1-5-31-22(29)18-20(30-4)21(28)27(3)23(25-18)26(2)19(15-11-7-6-8-12-15)16-13-9-10-14-17(16)24/h6-14,19H,5H2,1-4H3. The van der Waals surface area contributed by atoms with Crippen molar-refractivity contribution in [1.29, 1.82) is 0 Å². The highest BCUT2D eigenvalue weighted by atomic mass is 35.5. The lowest BCUT2D eigenvalue weighted by atomic mass is 9.97. The van der Waals surface area contributed by atoms with Crippen molar-refractivity contribution in [2.45, 2.75) is 13.0 Å². The Morgan fingerprint density at radius 1 is 1.16 bits per heavy atom. The number of anilines is 1. The van der Waals surface area contributed by atoms with Crippen LogP contribution >= 0.6 is 11.6 Å². The number of halogens is 1. The molecule has 31 heavy (non-hydrogen) atoms. The molecule has 0 saturated carbocycles. The van der Waals surface area contributed by atoms with Gasteiger partial charge >= 0.3 is 5.97 Å². The molecule has 3 aromatic rings. The highest BCUT2D eigenvalue weighted by Crippen LogP contribution is 2.34. The summed E-state index contributed by atoms with van der Waals surface area (Å²) in [6.07, 6.45) is 0. The van der Waals surface area contributed by atoms with Crippen molar-refractivity contribution in [3.63, 3.8) is 0 Å². The maximum atomic E-state index is 13.0. The summed E-state index contributed by atoms with van der Waals surface area (Å²) in [7, 11) is 4.69. The van der Waals surface area contributed by atoms with E-state index >= 15 is 0 Å². The van der Waals surface area contributed by atoms with E-state index in [-0.39, 0.29) is 30.0 Å². The normalized spacial score (nSPS) is 11.6. The number of nitrogens with zero attached hydrogens (tertiary/aromatic N) is 3. The SMILES string of the molecule is CCOC(=O)c1nc(N(C)C(c2ccccc2)c2ccccc2Cl)n(C)c(=O)c1OC. The molecular formula is C23H24ClN3O4. The largest absolute Gasteiger partial charge is 0.489 e. The predicted octanol–water partition coefficient (Wildman–Crippen LogP) is 3.84. The summed E-state index contributed by atoms with van der Waals surface area (Å²) in [6.45, 7) is 1.83. The predicted molar refractivity (Wildman–Crippen MR) is 120 cm³/mol. The van der Waals surface area contributed by atoms with Crippen LogP contribution < -0.4 is 15.2 Å². The Labute approximate surface area is 185 Å². The zero-order chi connectivity index (χ0) is 22.5. The molecule has 0 N–H and O–H groups in total. The first kappa shape index (κ1) is 22.4. The lowest BCUT2D eigenvalue weighted by Crippen LogP contribution is -2.34. The molecule has 1 unspecified atom stereocenters. The zero-order valence-corrected chi connectivity index (χ0v) is 18.6. The summed E-state index contributed by atoms with van der Waals surface area (Å²) >= 11 is 6.53. The second-order valence-corrected chi connectivity index (χ2v) is 7.23. The molecule has 1 aromatic heterocycles. The number of ether oxygens (including phenoxy) is 2. The first-order chi connectivity index (χ1) is 14.9. The quantitative estimate of drug-likeness (QED) is 0.518. The Hall–Kier alpha value is -3.32. The number of hydrogen-bond donors (Lipinski definition) is 0. The molecule has 1 heterocycles. The summed E-state index contributed by atoms with van der Waals surface area (Å²) in [5, 5.41) is 0.576. The van der Waals surface area contributed by atoms with Crippen LogP contribution in [0, 0.1) is 0 Å². The minimum Gasteiger partial charge on any atom is -0.489 e. The van der Waals surface area contributed by atoms with Gasteiger partial charge in [-0.3, -0.25) is 9.36 Å². The molecule has 0 bridgehead atoms. The molecule has 0 aliphatic rings. The van der Waals surface area contributed by atoms with E-state index in [9.17, 15) is 9.59 Å². The van der Waals surface area contributed by atoms with Crippen LogP contribution in [-0.2, 0) is 11.8 Å². The number of esters is 1. The number of carbonyl (C=O) groups is 1. The number of rotatable bonds is 7. The number of aromatic nitrogens is 2. The molecule has 0 radical (unpaired) electrons. The van der Waals surface area contributed by atoms with Crippen LogP contribution in [0.5, 0.6) is 5.75 Å². The molecule has 3 rings (SSSR count). The van der Waals surface area contributed by atoms with Crippen molar-refractivity contribution in [2.75, 3.05) is 25.7 Å². The van der Waals surface area contributed by atoms with Crippen LogP contribution in [0.2, 0.25) is 5.02 Å². The van der Waals surface area contributed by atoms with Crippen LogP contribution in [0.3, 0.4) is 0 Å². The van der Waals surface area contributed by atoms with E-state index in [1.54, 1.807) is 25.9 Å². The molecule has 0 amide bonds. The summed E-state index contributed by atoms with van der Waals surface area (Å²) in [6, 6.07) is 16.8. The third-order valence-corrected chi connectivity index (χ3v) is 5.26. The van der Waals surface area contributed by atoms with E-state index in [0.717, 1.165) is 11.1 Å². The number of methoxy groups -OCH3 is 1. The van der Waals surface area contributed by atoms with Gasteiger partial charge in [-0.1, -0.05) is 60.1 Å².